The predicted molar refractivity (Wildman–Crippen MR) is 152 cm³/mol. The first-order chi connectivity index (χ1) is 19.5. The number of aryl methyl sites for hydroxylation is 1. The number of H-pyrrole nitrogens is 1. The molecule has 6 rings (SSSR count). The SMILES string of the molecule is COc1cc(C(=O)NCCN)ccc1Nc1nc(OC2CCCC2)c2c(-c3ccc4nc(C)oc4c3)c[nH]c2n1. The maximum absolute atomic E-state index is 12.4. The number of ether oxygens (including phenoxy) is 2. The third-order valence-electron chi connectivity index (χ3n) is 7.03. The van der Waals surface area contributed by atoms with E-state index in [2.05, 4.69) is 20.6 Å². The number of rotatable bonds is 9. The van der Waals surface area contributed by atoms with E-state index in [4.69, 9.17) is 29.6 Å². The smallest absolute Gasteiger partial charge is 0.251 e. The number of aromatic nitrogens is 4. The number of hydrogen-bond acceptors (Lipinski definition) is 9. The lowest BCUT2D eigenvalue weighted by Gasteiger charge is -2.16. The molecule has 1 aliphatic rings. The van der Waals surface area contributed by atoms with E-state index in [0.717, 1.165) is 47.7 Å². The molecule has 1 aliphatic carbocycles. The topological polar surface area (TPSA) is 153 Å². The van der Waals surface area contributed by atoms with Gasteiger partial charge in [0.15, 0.2) is 11.5 Å². The van der Waals surface area contributed by atoms with Crippen LogP contribution in [0, 0.1) is 6.92 Å². The molecule has 0 bridgehead atoms. The van der Waals surface area contributed by atoms with Crippen LogP contribution in [0.3, 0.4) is 0 Å². The molecule has 3 aromatic heterocycles. The highest BCUT2D eigenvalue weighted by Crippen LogP contribution is 2.38. The minimum absolute atomic E-state index is 0.0916. The Hall–Kier alpha value is -4.64. The highest BCUT2D eigenvalue weighted by Gasteiger charge is 2.23. The van der Waals surface area contributed by atoms with Gasteiger partial charge in [0, 0.05) is 37.3 Å². The average molecular weight is 542 g/mol. The third-order valence-corrected chi connectivity index (χ3v) is 7.03. The van der Waals surface area contributed by atoms with Crippen molar-refractivity contribution in [3.63, 3.8) is 0 Å². The van der Waals surface area contributed by atoms with Crippen LogP contribution in [0.25, 0.3) is 33.3 Å². The molecule has 0 atom stereocenters. The Morgan fingerprint density at radius 3 is 2.80 bits per heavy atom. The van der Waals surface area contributed by atoms with Gasteiger partial charge in [-0.15, -0.1) is 0 Å². The van der Waals surface area contributed by atoms with Crippen LogP contribution in [-0.4, -0.2) is 52.1 Å². The summed E-state index contributed by atoms with van der Waals surface area (Å²) in [7, 11) is 1.55. The number of nitrogens with zero attached hydrogens (tertiary/aromatic N) is 3. The van der Waals surface area contributed by atoms with Gasteiger partial charge in [0.25, 0.3) is 5.91 Å². The van der Waals surface area contributed by atoms with Crippen molar-refractivity contribution in [3.05, 3.63) is 54.0 Å². The average Bonchev–Trinajstić information content (AvgIpc) is 3.71. The Kier molecular flexibility index (Phi) is 6.95. The Labute approximate surface area is 230 Å². The van der Waals surface area contributed by atoms with Crippen molar-refractivity contribution in [2.75, 3.05) is 25.5 Å². The molecule has 0 saturated heterocycles. The summed E-state index contributed by atoms with van der Waals surface area (Å²) in [6.45, 7) is 2.59. The van der Waals surface area contributed by atoms with Crippen LogP contribution in [0.2, 0.25) is 0 Å². The van der Waals surface area contributed by atoms with Crippen LogP contribution in [0.5, 0.6) is 11.6 Å². The quantitative estimate of drug-likeness (QED) is 0.205. The number of carbonyl (C=O) groups is 1. The van der Waals surface area contributed by atoms with Crippen LogP contribution in [-0.2, 0) is 0 Å². The normalized spacial score (nSPS) is 13.7. The molecule has 1 fully saturated rings. The molecule has 206 valence electrons. The third kappa shape index (κ3) is 5.03. The Balaban J connectivity index is 1.38. The second-order valence-corrected chi connectivity index (χ2v) is 9.80. The maximum atomic E-state index is 12.4. The van der Waals surface area contributed by atoms with Crippen molar-refractivity contribution in [2.24, 2.45) is 5.73 Å². The van der Waals surface area contributed by atoms with Crippen molar-refractivity contribution in [1.82, 2.24) is 25.3 Å². The van der Waals surface area contributed by atoms with Crippen LogP contribution in [0.15, 0.2) is 47.0 Å². The summed E-state index contributed by atoms with van der Waals surface area (Å²) in [6, 6.07) is 11.1. The minimum atomic E-state index is -0.224. The molecule has 0 radical (unpaired) electrons. The molecule has 11 heteroatoms. The van der Waals surface area contributed by atoms with Crippen LogP contribution in [0.4, 0.5) is 11.6 Å². The lowest BCUT2D eigenvalue weighted by Crippen LogP contribution is -2.28. The molecule has 1 amide bonds. The summed E-state index contributed by atoms with van der Waals surface area (Å²) in [6.07, 6.45) is 6.23. The summed E-state index contributed by atoms with van der Waals surface area (Å²) < 4.78 is 17.8. The number of fused-ring (bicyclic) bond motifs is 2. The molecule has 0 unspecified atom stereocenters. The number of benzene rings is 2. The maximum Gasteiger partial charge on any atom is 0.251 e. The zero-order valence-corrected chi connectivity index (χ0v) is 22.4. The molecule has 2 aromatic carbocycles. The van der Waals surface area contributed by atoms with Crippen molar-refractivity contribution < 1.29 is 18.7 Å². The summed E-state index contributed by atoms with van der Waals surface area (Å²) in [4.78, 5) is 29.7. The Morgan fingerprint density at radius 2 is 2.00 bits per heavy atom. The van der Waals surface area contributed by atoms with Gasteiger partial charge in [-0.2, -0.15) is 9.97 Å². The van der Waals surface area contributed by atoms with Gasteiger partial charge in [-0.1, -0.05) is 6.07 Å². The highest BCUT2D eigenvalue weighted by molar-refractivity contribution is 5.99. The van der Waals surface area contributed by atoms with Gasteiger partial charge in [-0.25, -0.2) is 4.98 Å². The van der Waals surface area contributed by atoms with Crippen LogP contribution >= 0.6 is 0 Å². The second-order valence-electron chi connectivity index (χ2n) is 9.80. The van der Waals surface area contributed by atoms with Crippen LogP contribution in [0.1, 0.15) is 41.9 Å². The Morgan fingerprint density at radius 1 is 1.15 bits per heavy atom. The molecular weight excluding hydrogens is 510 g/mol. The fourth-order valence-corrected chi connectivity index (χ4v) is 5.08. The number of oxazole rings is 1. The molecule has 11 nitrogen and oxygen atoms in total. The molecule has 40 heavy (non-hydrogen) atoms. The standard InChI is InChI=1S/C29H31N7O4/c1-16-33-22-9-7-17(13-24(22)39-16)20-15-32-26-25(20)28(40-19-5-3-4-6-19)36-29(35-26)34-21-10-8-18(14-23(21)38-2)27(37)31-12-11-30/h7-10,13-15,19H,3-6,11-12,30H2,1-2H3,(H,31,37)(H2,32,34,35,36). The molecule has 3 heterocycles. The first kappa shape index (κ1) is 25.6. The summed E-state index contributed by atoms with van der Waals surface area (Å²) in [5.74, 6) is 1.72. The van der Waals surface area contributed by atoms with E-state index in [0.29, 0.717) is 59.0 Å². The number of nitrogens with one attached hydrogen (secondary N) is 3. The van der Waals surface area contributed by atoms with Gasteiger partial charge in [0.2, 0.25) is 11.8 Å². The number of hydrogen-bond donors (Lipinski definition) is 4. The fraction of sp³-hybridized carbons (Fsp3) is 0.310. The van der Waals surface area contributed by atoms with E-state index in [1.807, 2.05) is 31.3 Å². The van der Waals surface area contributed by atoms with E-state index in [-0.39, 0.29) is 12.0 Å². The summed E-state index contributed by atoms with van der Waals surface area (Å²) >= 11 is 0. The molecule has 0 aliphatic heterocycles. The van der Waals surface area contributed by atoms with E-state index < -0.39 is 0 Å². The lowest BCUT2D eigenvalue weighted by molar-refractivity contribution is 0.0954. The molecule has 5 N–H and O–H groups in total. The summed E-state index contributed by atoms with van der Waals surface area (Å²) in [5, 5.41) is 6.81. The first-order valence-corrected chi connectivity index (χ1v) is 13.4. The molecule has 1 saturated carbocycles. The van der Waals surface area contributed by atoms with E-state index in [9.17, 15) is 4.79 Å². The number of amides is 1. The van der Waals surface area contributed by atoms with Crippen molar-refractivity contribution >= 4 is 39.7 Å². The van der Waals surface area contributed by atoms with Crippen molar-refractivity contribution in [2.45, 2.75) is 38.7 Å². The first-order valence-electron chi connectivity index (χ1n) is 13.4. The van der Waals surface area contributed by atoms with Crippen molar-refractivity contribution in [1.29, 1.82) is 0 Å². The van der Waals surface area contributed by atoms with Gasteiger partial charge in [0.1, 0.15) is 23.0 Å². The number of aromatic amines is 1. The van der Waals surface area contributed by atoms with Gasteiger partial charge < -0.3 is 35.2 Å². The largest absolute Gasteiger partial charge is 0.495 e. The molecule has 5 aromatic rings. The lowest BCUT2D eigenvalue weighted by atomic mass is 10.1. The van der Waals surface area contributed by atoms with Gasteiger partial charge >= 0.3 is 0 Å². The molecule has 0 spiro atoms. The number of nitrogens with two attached hydrogens (primary N) is 1. The molecular formula is C29H31N7O4. The predicted octanol–water partition coefficient (Wildman–Crippen LogP) is 4.84. The zero-order chi connectivity index (χ0) is 27.6. The van der Waals surface area contributed by atoms with Crippen molar-refractivity contribution in [3.8, 4) is 22.8 Å². The number of carbonyl (C=O) groups excluding carboxylic acids is 1. The minimum Gasteiger partial charge on any atom is -0.495 e. The zero-order valence-electron chi connectivity index (χ0n) is 22.4. The van der Waals surface area contributed by atoms with E-state index in [1.165, 1.54) is 0 Å². The summed E-state index contributed by atoms with van der Waals surface area (Å²) in [5.41, 5.74) is 10.6. The fourth-order valence-electron chi connectivity index (χ4n) is 5.08. The number of methoxy groups -OCH3 is 1. The van der Waals surface area contributed by atoms with E-state index >= 15 is 0 Å². The van der Waals surface area contributed by atoms with Gasteiger partial charge in [-0.3, -0.25) is 4.79 Å². The Bertz CT molecular complexity index is 1690. The second kappa shape index (κ2) is 10.9. The monoisotopic (exact) mass is 541 g/mol. The van der Waals surface area contributed by atoms with Gasteiger partial charge in [0.05, 0.1) is 18.2 Å². The van der Waals surface area contributed by atoms with Crippen LogP contribution < -0.4 is 25.8 Å². The number of anilines is 2. The van der Waals surface area contributed by atoms with E-state index in [1.54, 1.807) is 25.3 Å². The van der Waals surface area contributed by atoms with Gasteiger partial charge in [-0.05, 0) is 61.6 Å². The highest BCUT2D eigenvalue weighted by atomic mass is 16.5.